The Balaban J connectivity index is 2.07. The van der Waals surface area contributed by atoms with Crippen LogP contribution in [0, 0.1) is 96.5 Å². The Labute approximate surface area is 311 Å². The molecule has 3 aromatic rings. The molecule has 20 heteroatoms. The van der Waals surface area contributed by atoms with Crippen LogP contribution >= 0.6 is 0 Å². The zero-order chi connectivity index (χ0) is 42.4. The van der Waals surface area contributed by atoms with Crippen molar-refractivity contribution in [1.29, 1.82) is 42.1 Å². The second-order valence-corrected chi connectivity index (χ2v) is 11.1. The summed E-state index contributed by atoms with van der Waals surface area (Å²) in [4.78, 5) is 0. The Bertz CT molecular complexity index is 2640. The lowest BCUT2D eigenvalue weighted by atomic mass is 9.83. The number of fused-ring (bicyclic) bond motifs is 2. The Morgan fingerprint density at radius 1 is 0.491 bits per heavy atom. The van der Waals surface area contributed by atoms with E-state index >= 15 is 17.6 Å². The predicted octanol–water partition coefficient (Wildman–Crippen LogP) is 8.88. The summed E-state index contributed by atoms with van der Waals surface area (Å²) in [5.41, 5.74) is -20.1. The lowest BCUT2D eigenvalue weighted by Crippen LogP contribution is -2.18. The number of nitrogens with zero attached hydrogens (tertiary/aromatic N) is 8. The van der Waals surface area contributed by atoms with E-state index in [0.717, 1.165) is 12.1 Å². The summed E-state index contributed by atoms with van der Waals surface area (Å²) in [6.07, 6.45) is -16.8. The molecule has 2 aliphatic carbocycles. The van der Waals surface area contributed by atoms with Crippen LogP contribution in [0.3, 0.4) is 0 Å². The van der Waals surface area contributed by atoms with Gasteiger partial charge in [0.15, 0.2) is 0 Å². The van der Waals surface area contributed by atoms with Gasteiger partial charge in [-0.25, -0.2) is 4.39 Å². The summed E-state index contributed by atoms with van der Waals surface area (Å²) < 4.78 is 152. The third kappa shape index (κ3) is 6.64. The molecule has 0 saturated heterocycles. The van der Waals surface area contributed by atoms with Gasteiger partial charge in [-0.2, -0.15) is 55.3 Å². The largest absolute Gasteiger partial charge is 0.573 e. The van der Waals surface area contributed by atoms with Crippen molar-refractivity contribution in [2.75, 3.05) is 0 Å². The van der Waals surface area contributed by atoms with Gasteiger partial charge in [0.05, 0.1) is 27.8 Å². The molecule has 57 heavy (non-hydrogen) atoms. The Morgan fingerprint density at radius 2 is 0.842 bits per heavy atom. The molecule has 10 nitrogen and oxygen atoms in total. The van der Waals surface area contributed by atoms with Crippen molar-refractivity contribution in [3.8, 4) is 60.1 Å². The second-order valence-electron chi connectivity index (χ2n) is 11.1. The van der Waals surface area contributed by atoms with Crippen molar-refractivity contribution >= 4 is 33.4 Å². The average Bonchev–Trinajstić information content (AvgIpc) is 3.65. The number of nitriles is 8. The maximum absolute atomic E-state index is 17.3. The standard InChI is InChI=1S/C37H6F10N8O2/c38-34-29-21(13-54)25(15-1-3-17(7-48)23(5-15)56-36(42,43)44)27(19(9-50)10-51)31(29)33(35(39,40)41)32-28(20(11-52)12-53)26(22(14-55)30(32)34)16-2-4-18(8-49)24(6-16)57-37(45,46)47/h1-6H. The van der Waals surface area contributed by atoms with Gasteiger partial charge in [0.2, 0.25) is 0 Å². The highest BCUT2D eigenvalue weighted by atomic mass is 19.4. The molecule has 0 aromatic heterocycles. The van der Waals surface area contributed by atoms with Gasteiger partial charge in [-0.3, -0.25) is 0 Å². The van der Waals surface area contributed by atoms with Gasteiger partial charge in [-0.15, -0.1) is 26.3 Å². The fourth-order valence-electron chi connectivity index (χ4n) is 6.26. The highest BCUT2D eigenvalue weighted by Gasteiger charge is 2.50. The molecule has 0 radical (unpaired) electrons. The van der Waals surface area contributed by atoms with E-state index in [1.54, 1.807) is 0 Å². The highest BCUT2D eigenvalue weighted by molar-refractivity contribution is 6.31. The Kier molecular flexibility index (Phi) is 9.75. The summed E-state index contributed by atoms with van der Waals surface area (Å²) in [5, 5.41) is 79.1. The smallest absolute Gasteiger partial charge is 0.404 e. The minimum atomic E-state index is -5.83. The zero-order valence-electron chi connectivity index (χ0n) is 27.1. The summed E-state index contributed by atoms with van der Waals surface area (Å²) >= 11 is 0. The monoisotopic (exact) mass is 784 g/mol. The van der Waals surface area contributed by atoms with Crippen LogP contribution in [0.15, 0.2) is 47.5 Å². The Morgan fingerprint density at radius 3 is 1.11 bits per heavy atom. The van der Waals surface area contributed by atoms with Crippen LogP contribution in [0.4, 0.5) is 43.9 Å². The first-order valence-electron chi connectivity index (χ1n) is 14.7. The van der Waals surface area contributed by atoms with Gasteiger partial charge >= 0.3 is 18.9 Å². The van der Waals surface area contributed by atoms with Gasteiger partial charge in [-0.1, -0.05) is 12.1 Å². The normalized spacial score (nSPS) is 13.1. The van der Waals surface area contributed by atoms with Crippen molar-refractivity contribution in [1.82, 2.24) is 0 Å². The number of allylic oxidation sites excluding steroid dienone is 8. The van der Waals surface area contributed by atoms with Crippen LogP contribution < -0.4 is 9.47 Å². The quantitative estimate of drug-likeness (QED) is 0.181. The van der Waals surface area contributed by atoms with Crippen LogP contribution in [-0.2, 0) is 6.18 Å². The van der Waals surface area contributed by atoms with E-state index in [-0.39, 0.29) is 0 Å². The molecule has 0 spiro atoms. The number of halogens is 10. The van der Waals surface area contributed by atoms with Crippen molar-refractivity contribution in [2.24, 2.45) is 0 Å². The number of benzene rings is 3. The molecule has 0 unspecified atom stereocenters. The van der Waals surface area contributed by atoms with E-state index in [4.69, 9.17) is 0 Å². The maximum Gasteiger partial charge on any atom is 0.573 e. The van der Waals surface area contributed by atoms with Crippen LogP contribution in [0.2, 0.25) is 0 Å². The van der Waals surface area contributed by atoms with Crippen molar-refractivity contribution in [3.05, 3.63) is 103 Å². The first-order chi connectivity index (χ1) is 26.7. The molecule has 0 atom stereocenters. The number of rotatable bonds is 4. The summed E-state index contributed by atoms with van der Waals surface area (Å²) in [6.45, 7) is 0. The molecule has 3 aromatic carbocycles. The third-order valence-electron chi connectivity index (χ3n) is 8.13. The predicted molar refractivity (Wildman–Crippen MR) is 168 cm³/mol. The van der Waals surface area contributed by atoms with Crippen LogP contribution in [-0.4, -0.2) is 12.7 Å². The van der Waals surface area contributed by atoms with Crippen molar-refractivity contribution in [3.63, 3.8) is 0 Å². The molecule has 0 bridgehead atoms. The summed E-state index contributed by atoms with van der Waals surface area (Å²) in [6, 6.07) is 14.4. The fourth-order valence-corrected chi connectivity index (χ4v) is 6.26. The molecular formula is C37H6F10N8O2. The first-order valence-corrected chi connectivity index (χ1v) is 14.7. The molecule has 2 aliphatic rings. The molecule has 0 fully saturated rings. The van der Waals surface area contributed by atoms with Gasteiger partial charge in [0.1, 0.15) is 77.0 Å². The second kappa shape index (κ2) is 14.0. The molecule has 0 aliphatic heterocycles. The van der Waals surface area contributed by atoms with Crippen molar-refractivity contribution in [2.45, 2.75) is 18.9 Å². The molecule has 5 rings (SSSR count). The molecule has 0 N–H and O–H groups in total. The highest BCUT2D eigenvalue weighted by Crippen LogP contribution is 2.60. The fraction of sp³-hybridized carbons (Fsp3) is 0.0811. The Hall–Kier alpha value is -8.56. The summed E-state index contributed by atoms with van der Waals surface area (Å²) in [5.74, 6) is -4.46. The molecule has 0 saturated carbocycles. The first kappa shape index (κ1) is 39.6. The van der Waals surface area contributed by atoms with Gasteiger partial charge in [0.25, 0.3) is 0 Å². The van der Waals surface area contributed by atoms with Gasteiger partial charge in [0, 0.05) is 44.5 Å². The van der Waals surface area contributed by atoms with E-state index in [1.165, 1.54) is 48.6 Å². The minimum Gasteiger partial charge on any atom is -0.404 e. The third-order valence-corrected chi connectivity index (χ3v) is 8.13. The molecular weight excluding hydrogens is 778 g/mol. The van der Waals surface area contributed by atoms with Crippen LogP contribution in [0.1, 0.15) is 50.1 Å². The van der Waals surface area contributed by atoms with E-state index in [1.807, 2.05) is 0 Å². The lowest BCUT2D eigenvalue weighted by Gasteiger charge is -2.21. The van der Waals surface area contributed by atoms with E-state index in [0.29, 0.717) is 24.3 Å². The van der Waals surface area contributed by atoms with Crippen molar-refractivity contribution < 1.29 is 53.4 Å². The average molecular weight is 784 g/mol. The van der Waals surface area contributed by atoms with E-state index < -0.39 is 131 Å². The maximum atomic E-state index is 17.3. The van der Waals surface area contributed by atoms with Crippen LogP contribution in [0.25, 0.3) is 33.4 Å². The number of alkyl halides is 9. The van der Waals surface area contributed by atoms with E-state index in [2.05, 4.69) is 9.47 Å². The molecule has 276 valence electrons. The molecule has 0 heterocycles. The van der Waals surface area contributed by atoms with Crippen LogP contribution in [0.5, 0.6) is 11.5 Å². The van der Waals surface area contributed by atoms with Gasteiger partial charge < -0.3 is 9.47 Å². The van der Waals surface area contributed by atoms with Gasteiger partial charge in [-0.05, 0) is 35.4 Å². The number of ether oxygens (including phenoxy) is 2. The lowest BCUT2D eigenvalue weighted by molar-refractivity contribution is -0.275. The minimum absolute atomic E-state index is 0.412. The molecule has 0 amide bonds. The zero-order valence-corrected chi connectivity index (χ0v) is 27.1. The van der Waals surface area contributed by atoms with E-state index in [9.17, 15) is 68.4 Å². The SMILES string of the molecule is N#CC(C#N)=C1C(c2ccc(C#N)c(OC(F)(F)F)c2)=C(C#N)c2c(F)c3c(c(C(F)(F)F)c21)C(=C(C#N)C#N)C(c1ccc(C#N)c(OC(F)(F)F)c1)=C3C#N. The summed E-state index contributed by atoms with van der Waals surface area (Å²) in [7, 11) is 0. The number of hydrogen-bond donors (Lipinski definition) is 0. The topological polar surface area (TPSA) is 209 Å². The number of hydrogen-bond acceptors (Lipinski definition) is 10.